The summed E-state index contributed by atoms with van der Waals surface area (Å²) in [7, 11) is 0. The number of hydrogen-bond acceptors (Lipinski definition) is 1. The predicted octanol–water partition coefficient (Wildman–Crippen LogP) is 15.6. The maximum atomic E-state index is 2.46. The van der Waals surface area contributed by atoms with E-state index in [1.54, 1.807) is 0 Å². The summed E-state index contributed by atoms with van der Waals surface area (Å²) >= 11 is 0. The van der Waals surface area contributed by atoms with E-state index >= 15 is 0 Å². The van der Waals surface area contributed by atoms with E-state index in [1.165, 1.54) is 77.4 Å². The first-order chi connectivity index (χ1) is 29.0. The van der Waals surface area contributed by atoms with Gasteiger partial charge in [0.25, 0.3) is 0 Å². The summed E-state index contributed by atoms with van der Waals surface area (Å²) in [6, 6.07) is 79.8. The summed E-state index contributed by atoms with van der Waals surface area (Å²) in [6.07, 6.45) is 0. The maximum absolute atomic E-state index is 2.46. The fourth-order valence-electron chi connectivity index (χ4n) is 9.55. The smallest absolute Gasteiger partial charge is 0.0547 e. The number of hydrogen-bond donors (Lipinski definition) is 0. The Labute approximate surface area is 345 Å². The van der Waals surface area contributed by atoms with Gasteiger partial charge in [0.05, 0.1) is 16.7 Å². The number of anilines is 3. The number of aromatic nitrogens is 1. The lowest BCUT2D eigenvalue weighted by Crippen LogP contribution is -2.17. The first-order valence-corrected chi connectivity index (χ1v) is 20.5. The molecule has 0 aliphatic heterocycles. The van der Waals surface area contributed by atoms with Crippen molar-refractivity contribution in [1.29, 1.82) is 0 Å². The van der Waals surface area contributed by atoms with Crippen LogP contribution in [0.5, 0.6) is 0 Å². The first-order valence-electron chi connectivity index (χ1n) is 20.5. The average Bonchev–Trinajstić information content (AvgIpc) is 3.76. The molecule has 0 spiro atoms. The van der Waals surface area contributed by atoms with Gasteiger partial charge in [-0.1, -0.05) is 172 Å². The molecule has 59 heavy (non-hydrogen) atoms. The summed E-state index contributed by atoms with van der Waals surface area (Å²) in [5, 5.41) is 2.51. The van der Waals surface area contributed by atoms with Crippen molar-refractivity contribution >= 4 is 38.9 Å². The van der Waals surface area contributed by atoms with E-state index in [1.807, 2.05) is 0 Å². The zero-order chi connectivity index (χ0) is 39.5. The monoisotopic (exact) mass is 754 g/mol. The molecule has 280 valence electrons. The van der Waals surface area contributed by atoms with Crippen LogP contribution in [0.4, 0.5) is 17.1 Å². The topological polar surface area (TPSA) is 8.17 Å². The van der Waals surface area contributed by atoms with Gasteiger partial charge in [-0.2, -0.15) is 0 Å². The highest BCUT2D eigenvalue weighted by Crippen LogP contribution is 2.51. The highest BCUT2D eigenvalue weighted by molar-refractivity contribution is 6.15. The predicted molar refractivity (Wildman–Crippen MR) is 249 cm³/mol. The van der Waals surface area contributed by atoms with Crippen molar-refractivity contribution in [3.63, 3.8) is 0 Å². The van der Waals surface area contributed by atoms with Gasteiger partial charge in [-0.3, -0.25) is 0 Å². The molecule has 0 radical (unpaired) electrons. The summed E-state index contributed by atoms with van der Waals surface area (Å²) in [4.78, 5) is 2.46. The quantitative estimate of drug-likeness (QED) is 0.157. The molecule has 0 bridgehead atoms. The Morgan fingerprint density at radius 1 is 0.373 bits per heavy atom. The number of rotatable bonds is 7. The van der Waals surface area contributed by atoms with Gasteiger partial charge >= 0.3 is 0 Å². The molecule has 0 atom stereocenters. The minimum atomic E-state index is -0.130. The Bertz CT molecular complexity index is 3160. The largest absolute Gasteiger partial charge is 0.310 e. The minimum absolute atomic E-state index is 0.130. The lowest BCUT2D eigenvalue weighted by atomic mass is 9.82. The summed E-state index contributed by atoms with van der Waals surface area (Å²) in [5.74, 6) is 0. The van der Waals surface area contributed by atoms with E-state index in [-0.39, 0.29) is 5.41 Å². The standard InChI is InChI=1S/C57H42N2/c1-57(2)51-26-14-12-23-47(51)48-35-34-45(38-52(48)57)58(54-36-31-42(39-17-6-3-7-18-39)37-50(54)40-19-8-4-9-20-40)44-32-29-41(30-33-44)46-25-16-28-55-56(46)49-24-13-15-27-53(49)59(55)43-21-10-5-11-22-43/h3-38H,1-2H3. The molecule has 2 heteroatoms. The van der Waals surface area contributed by atoms with Crippen LogP contribution in [0.25, 0.3) is 72.0 Å². The molecule has 0 saturated carbocycles. The Morgan fingerprint density at radius 2 is 0.949 bits per heavy atom. The van der Waals surface area contributed by atoms with Crippen molar-refractivity contribution in [2.24, 2.45) is 0 Å². The van der Waals surface area contributed by atoms with Gasteiger partial charge in [0.15, 0.2) is 0 Å². The second kappa shape index (κ2) is 13.9. The van der Waals surface area contributed by atoms with Crippen LogP contribution in [0.3, 0.4) is 0 Å². The molecule has 1 heterocycles. The fraction of sp³-hybridized carbons (Fsp3) is 0.0526. The molecule has 2 nitrogen and oxygen atoms in total. The van der Waals surface area contributed by atoms with Gasteiger partial charge in [-0.15, -0.1) is 0 Å². The van der Waals surface area contributed by atoms with Gasteiger partial charge in [0, 0.05) is 38.8 Å². The van der Waals surface area contributed by atoms with E-state index in [9.17, 15) is 0 Å². The van der Waals surface area contributed by atoms with Crippen molar-refractivity contribution in [1.82, 2.24) is 4.57 Å². The number of nitrogens with zero attached hydrogens (tertiary/aromatic N) is 2. The lowest BCUT2D eigenvalue weighted by molar-refractivity contribution is 0.660. The molecule has 0 unspecified atom stereocenters. The molecule has 1 aliphatic rings. The van der Waals surface area contributed by atoms with Gasteiger partial charge < -0.3 is 9.47 Å². The van der Waals surface area contributed by atoms with Gasteiger partial charge in [0.1, 0.15) is 0 Å². The summed E-state index contributed by atoms with van der Waals surface area (Å²) < 4.78 is 2.39. The van der Waals surface area contributed by atoms with Crippen molar-refractivity contribution in [2.75, 3.05) is 4.90 Å². The molecular weight excluding hydrogens is 713 g/mol. The van der Waals surface area contributed by atoms with E-state index in [0.717, 1.165) is 22.7 Å². The van der Waals surface area contributed by atoms with Crippen LogP contribution in [0.15, 0.2) is 218 Å². The maximum Gasteiger partial charge on any atom is 0.0547 e. The van der Waals surface area contributed by atoms with Crippen LogP contribution < -0.4 is 4.90 Å². The van der Waals surface area contributed by atoms with E-state index in [2.05, 4.69) is 242 Å². The second-order valence-electron chi connectivity index (χ2n) is 16.1. The third kappa shape index (κ3) is 5.71. The molecule has 0 saturated heterocycles. The molecule has 11 rings (SSSR count). The Balaban J connectivity index is 1.10. The number of fused-ring (bicyclic) bond motifs is 6. The van der Waals surface area contributed by atoms with Crippen LogP contribution in [-0.4, -0.2) is 4.57 Å². The minimum Gasteiger partial charge on any atom is -0.310 e. The third-order valence-electron chi connectivity index (χ3n) is 12.4. The van der Waals surface area contributed by atoms with Crippen LogP contribution in [0.2, 0.25) is 0 Å². The molecular formula is C57H42N2. The van der Waals surface area contributed by atoms with E-state index in [4.69, 9.17) is 0 Å². The fourth-order valence-corrected chi connectivity index (χ4v) is 9.55. The molecule has 9 aromatic carbocycles. The lowest BCUT2D eigenvalue weighted by Gasteiger charge is -2.30. The van der Waals surface area contributed by atoms with E-state index < -0.39 is 0 Å². The second-order valence-corrected chi connectivity index (χ2v) is 16.1. The van der Waals surface area contributed by atoms with Gasteiger partial charge in [0.2, 0.25) is 0 Å². The molecule has 1 aliphatic carbocycles. The van der Waals surface area contributed by atoms with Gasteiger partial charge in [-0.05, 0) is 111 Å². The molecule has 0 amide bonds. The highest BCUT2D eigenvalue weighted by Gasteiger charge is 2.36. The van der Waals surface area contributed by atoms with Crippen molar-refractivity contribution in [3.05, 3.63) is 230 Å². The highest BCUT2D eigenvalue weighted by atomic mass is 15.1. The summed E-state index contributed by atoms with van der Waals surface area (Å²) in [5.41, 5.74) is 19.3. The Kier molecular flexibility index (Phi) is 8.20. The van der Waals surface area contributed by atoms with E-state index in [0.29, 0.717) is 0 Å². The first kappa shape index (κ1) is 34.8. The molecule has 0 fully saturated rings. The van der Waals surface area contributed by atoms with Crippen LogP contribution in [0.1, 0.15) is 25.0 Å². The zero-order valence-electron chi connectivity index (χ0n) is 33.2. The SMILES string of the molecule is CC1(C)c2ccccc2-c2ccc(N(c3ccc(-c4cccc5c4c4ccccc4n5-c4ccccc4)cc3)c3ccc(-c4ccccc4)cc3-c3ccccc3)cc21. The Morgan fingerprint density at radius 3 is 1.73 bits per heavy atom. The third-order valence-corrected chi connectivity index (χ3v) is 12.4. The molecule has 0 N–H and O–H groups in total. The van der Waals surface area contributed by atoms with Gasteiger partial charge in [-0.25, -0.2) is 0 Å². The van der Waals surface area contributed by atoms with Crippen molar-refractivity contribution in [3.8, 4) is 50.2 Å². The van der Waals surface area contributed by atoms with Crippen LogP contribution in [-0.2, 0) is 5.41 Å². The Hall–Kier alpha value is -7.42. The van der Waals surface area contributed by atoms with Crippen molar-refractivity contribution < 1.29 is 0 Å². The zero-order valence-corrected chi connectivity index (χ0v) is 33.2. The normalized spacial score (nSPS) is 12.7. The van der Waals surface area contributed by atoms with Crippen molar-refractivity contribution in [2.45, 2.75) is 19.3 Å². The number of benzene rings is 9. The average molecular weight is 755 g/mol. The molecule has 10 aromatic rings. The summed E-state index contributed by atoms with van der Waals surface area (Å²) in [6.45, 7) is 4.72. The van der Waals surface area contributed by atoms with Crippen LogP contribution in [0, 0.1) is 0 Å². The van der Waals surface area contributed by atoms with Crippen LogP contribution >= 0.6 is 0 Å². The number of para-hydroxylation sites is 2. The molecule has 1 aromatic heterocycles.